The Morgan fingerprint density at radius 3 is 1.57 bits per heavy atom. The van der Waals surface area contributed by atoms with Crippen molar-refractivity contribution >= 4 is 0 Å². The van der Waals surface area contributed by atoms with Crippen LogP contribution < -0.4 is 5.73 Å². The van der Waals surface area contributed by atoms with Gasteiger partial charge in [0.1, 0.15) is 0 Å². The first kappa shape index (κ1) is 9.74. The minimum Gasteiger partial charge on any atom is -0.405 e. The van der Waals surface area contributed by atoms with E-state index in [1.165, 1.54) is 19.0 Å². The summed E-state index contributed by atoms with van der Waals surface area (Å²) in [6.07, 6.45) is 3.89. The van der Waals surface area contributed by atoms with Crippen molar-refractivity contribution in [2.75, 3.05) is 0 Å². The summed E-state index contributed by atoms with van der Waals surface area (Å²) >= 11 is 0. The molecule has 0 aliphatic rings. The van der Waals surface area contributed by atoms with E-state index in [-0.39, 0.29) is 0 Å². The van der Waals surface area contributed by atoms with E-state index in [1.54, 1.807) is 0 Å². The highest BCUT2D eigenvalue weighted by Gasteiger charge is 1.56. The van der Waals surface area contributed by atoms with Crippen LogP contribution in [0, 0.1) is 0 Å². The van der Waals surface area contributed by atoms with Crippen LogP contribution in [0.2, 0.25) is 0 Å². The summed E-state index contributed by atoms with van der Waals surface area (Å²) in [7, 11) is 0. The molecule has 1 heteroatoms. The first-order chi connectivity index (χ1) is 3.33. The molecule has 0 aliphatic carbocycles. The fourth-order valence-electron chi connectivity index (χ4n) is 0. The first-order valence-electron chi connectivity index (χ1n) is 2.66. The third-order valence-corrected chi connectivity index (χ3v) is 0.500. The van der Waals surface area contributed by atoms with Gasteiger partial charge in [0.2, 0.25) is 0 Å². The van der Waals surface area contributed by atoms with Gasteiger partial charge in [-0.1, -0.05) is 33.3 Å². The van der Waals surface area contributed by atoms with Crippen molar-refractivity contribution in [3.05, 3.63) is 12.8 Å². The third-order valence-electron chi connectivity index (χ3n) is 0.500. The van der Waals surface area contributed by atoms with Gasteiger partial charge in [-0.05, 0) is 6.20 Å². The zero-order chi connectivity index (χ0) is 6.12. The molecule has 2 N–H and O–H groups in total. The molecule has 0 fully saturated rings. The van der Waals surface area contributed by atoms with E-state index in [0.29, 0.717) is 0 Å². The van der Waals surface area contributed by atoms with Gasteiger partial charge in [0, 0.05) is 0 Å². The minimum absolute atomic E-state index is 1.25. The maximum absolute atomic E-state index is 4.61. The van der Waals surface area contributed by atoms with Crippen LogP contribution in [0.1, 0.15) is 26.7 Å². The highest BCUT2D eigenvalue weighted by molar-refractivity contribution is 4.48. The number of nitrogens with two attached hydrogens (primary N) is 1. The molecule has 0 saturated heterocycles. The summed E-state index contributed by atoms with van der Waals surface area (Å²) in [6.45, 7) is 7.50. The molecule has 0 aromatic carbocycles. The summed E-state index contributed by atoms with van der Waals surface area (Å²) in [4.78, 5) is 0. The molecule has 0 unspecified atom stereocenters. The molecule has 0 radical (unpaired) electrons. The highest BCUT2D eigenvalue weighted by Crippen LogP contribution is 1.76. The van der Waals surface area contributed by atoms with Crippen molar-refractivity contribution in [2.24, 2.45) is 5.73 Å². The van der Waals surface area contributed by atoms with Crippen molar-refractivity contribution in [3.63, 3.8) is 0 Å². The summed E-state index contributed by atoms with van der Waals surface area (Å²) in [6, 6.07) is 0. The van der Waals surface area contributed by atoms with E-state index < -0.39 is 0 Å². The van der Waals surface area contributed by atoms with E-state index in [9.17, 15) is 0 Å². The normalized spacial score (nSPS) is 6.00. The second kappa shape index (κ2) is 17.7. The maximum atomic E-state index is 4.61. The van der Waals surface area contributed by atoms with Gasteiger partial charge in [-0.3, -0.25) is 0 Å². The Morgan fingerprint density at radius 1 is 1.43 bits per heavy atom. The Bertz CT molecular complexity index is 23.4. The topological polar surface area (TPSA) is 26.0 Å². The third kappa shape index (κ3) is 238. The van der Waals surface area contributed by atoms with Gasteiger partial charge in [-0.15, -0.1) is 0 Å². The predicted molar refractivity (Wildman–Crippen MR) is 35.0 cm³/mol. The molecule has 0 spiro atoms. The Kier molecular flexibility index (Phi) is 24.6. The second-order valence-electron chi connectivity index (χ2n) is 1.24. The summed E-state index contributed by atoms with van der Waals surface area (Å²) in [5, 5.41) is 0. The van der Waals surface area contributed by atoms with Crippen molar-refractivity contribution < 1.29 is 0 Å². The highest BCUT2D eigenvalue weighted by atomic mass is 14.5. The van der Waals surface area contributed by atoms with Crippen LogP contribution in [0.25, 0.3) is 0 Å². The minimum atomic E-state index is 1.25. The standard InChI is InChI=1S/C4H10.C2H5N/c1-3-4-2;1-2-3/h3-4H2,1-2H3;2H,1,3H2. The van der Waals surface area contributed by atoms with E-state index >= 15 is 0 Å². The molecule has 0 amide bonds. The fourth-order valence-corrected chi connectivity index (χ4v) is 0. The van der Waals surface area contributed by atoms with Gasteiger partial charge in [-0.25, -0.2) is 0 Å². The molecule has 7 heavy (non-hydrogen) atoms. The lowest BCUT2D eigenvalue weighted by atomic mass is 10.4. The summed E-state index contributed by atoms with van der Waals surface area (Å²) in [5.41, 5.74) is 4.61. The SMILES string of the molecule is C=CN.CCCC. The van der Waals surface area contributed by atoms with E-state index in [0.717, 1.165) is 0 Å². The molecule has 0 atom stereocenters. The Labute approximate surface area is 46.2 Å². The van der Waals surface area contributed by atoms with Crippen LogP contribution in [0.15, 0.2) is 12.8 Å². The van der Waals surface area contributed by atoms with Crippen LogP contribution in [-0.2, 0) is 0 Å². The van der Waals surface area contributed by atoms with Gasteiger partial charge >= 0.3 is 0 Å². The molecule has 0 aromatic heterocycles. The monoisotopic (exact) mass is 101 g/mol. The number of hydrogen-bond acceptors (Lipinski definition) is 1. The molecular formula is C6H15N. The molecule has 0 saturated carbocycles. The maximum Gasteiger partial charge on any atom is -0.0136 e. The Morgan fingerprint density at radius 2 is 1.57 bits per heavy atom. The van der Waals surface area contributed by atoms with Crippen molar-refractivity contribution in [1.29, 1.82) is 0 Å². The number of unbranched alkanes of at least 4 members (excludes halogenated alkanes) is 1. The Balaban J connectivity index is 0. The molecule has 0 heterocycles. The fraction of sp³-hybridized carbons (Fsp3) is 0.667. The molecular weight excluding hydrogens is 86.1 g/mol. The quantitative estimate of drug-likeness (QED) is 0.536. The van der Waals surface area contributed by atoms with E-state index in [2.05, 4.69) is 26.2 Å². The van der Waals surface area contributed by atoms with E-state index in [4.69, 9.17) is 0 Å². The van der Waals surface area contributed by atoms with Crippen LogP contribution in [0.5, 0.6) is 0 Å². The van der Waals surface area contributed by atoms with Crippen molar-refractivity contribution in [3.8, 4) is 0 Å². The molecule has 0 rings (SSSR count). The summed E-state index contributed by atoms with van der Waals surface area (Å²) < 4.78 is 0. The van der Waals surface area contributed by atoms with Crippen molar-refractivity contribution in [2.45, 2.75) is 26.7 Å². The lowest BCUT2D eigenvalue weighted by Crippen LogP contribution is -1.67. The molecule has 0 aromatic rings. The van der Waals surface area contributed by atoms with Gasteiger partial charge in [0.05, 0.1) is 0 Å². The zero-order valence-corrected chi connectivity index (χ0v) is 5.28. The number of rotatable bonds is 1. The van der Waals surface area contributed by atoms with Crippen molar-refractivity contribution in [1.82, 2.24) is 0 Å². The molecule has 44 valence electrons. The summed E-state index contributed by atoms with van der Waals surface area (Å²) in [5.74, 6) is 0. The number of hydrogen-bond donors (Lipinski definition) is 1. The lowest BCUT2D eigenvalue weighted by molar-refractivity contribution is 0.886. The van der Waals surface area contributed by atoms with E-state index in [1.807, 2.05) is 0 Å². The second-order valence-corrected chi connectivity index (χ2v) is 1.24. The molecule has 1 nitrogen and oxygen atoms in total. The predicted octanol–water partition coefficient (Wildman–Crippen LogP) is 1.90. The Hall–Kier alpha value is -0.460. The average molecular weight is 101 g/mol. The smallest absolute Gasteiger partial charge is 0.0136 e. The molecule has 0 bridgehead atoms. The average Bonchev–Trinajstić information content (AvgIpc) is 1.69. The lowest BCUT2D eigenvalue weighted by Gasteiger charge is -1.68. The van der Waals surface area contributed by atoms with Crippen LogP contribution >= 0.6 is 0 Å². The van der Waals surface area contributed by atoms with Gasteiger partial charge in [0.25, 0.3) is 0 Å². The van der Waals surface area contributed by atoms with Gasteiger partial charge in [-0.2, -0.15) is 0 Å². The largest absolute Gasteiger partial charge is 0.405 e. The van der Waals surface area contributed by atoms with Crippen LogP contribution in [-0.4, -0.2) is 0 Å². The zero-order valence-electron chi connectivity index (χ0n) is 5.28. The van der Waals surface area contributed by atoms with Gasteiger partial charge < -0.3 is 5.73 Å². The van der Waals surface area contributed by atoms with Gasteiger partial charge in [0.15, 0.2) is 0 Å². The van der Waals surface area contributed by atoms with Crippen LogP contribution in [0.4, 0.5) is 0 Å². The van der Waals surface area contributed by atoms with Crippen LogP contribution in [0.3, 0.4) is 0 Å². The first-order valence-corrected chi connectivity index (χ1v) is 2.66. The molecule has 0 aliphatic heterocycles.